The number of carbonyl (C=O) groups is 1. The molecule has 1 aliphatic heterocycles. The molecule has 1 saturated heterocycles. The molecule has 3 rings (SSSR count). The maximum absolute atomic E-state index is 12.5. The normalized spacial score (nSPS) is 18.3. The molecule has 1 fully saturated rings. The van der Waals surface area contributed by atoms with Crippen LogP contribution in [0.1, 0.15) is 18.4 Å². The fourth-order valence-electron chi connectivity index (χ4n) is 3.09. The first-order valence-electron chi connectivity index (χ1n) is 8.14. The largest absolute Gasteiger partial charge is 0.326 e. The van der Waals surface area contributed by atoms with Crippen LogP contribution in [0.15, 0.2) is 48.5 Å². The number of nitrogens with one attached hydrogen (secondary N) is 1. The molecule has 0 spiro atoms. The number of carbonyl (C=O) groups excluding carboxylic acids is 1. The quantitative estimate of drug-likeness (QED) is 0.843. The van der Waals surface area contributed by atoms with Crippen molar-refractivity contribution in [1.82, 2.24) is 4.90 Å². The van der Waals surface area contributed by atoms with E-state index in [1.165, 1.54) is 0 Å². The van der Waals surface area contributed by atoms with E-state index in [1.54, 1.807) is 0 Å². The van der Waals surface area contributed by atoms with Crippen molar-refractivity contribution in [2.24, 2.45) is 5.92 Å². The third kappa shape index (κ3) is 4.29. The number of hydrogen-bond acceptors (Lipinski definition) is 2. The maximum Gasteiger partial charge on any atom is 0.228 e. The van der Waals surface area contributed by atoms with Crippen LogP contribution in [-0.2, 0) is 11.3 Å². The molecule has 2 aromatic rings. The molecule has 5 heteroatoms. The molecule has 0 radical (unpaired) electrons. The second kappa shape index (κ2) is 8.02. The van der Waals surface area contributed by atoms with Gasteiger partial charge in [-0.05, 0) is 43.7 Å². The molecule has 2 aromatic carbocycles. The topological polar surface area (TPSA) is 32.3 Å². The first kappa shape index (κ1) is 17.3. The third-order valence-electron chi connectivity index (χ3n) is 4.36. The van der Waals surface area contributed by atoms with Crippen LogP contribution in [0.25, 0.3) is 0 Å². The van der Waals surface area contributed by atoms with Gasteiger partial charge in [0.1, 0.15) is 0 Å². The van der Waals surface area contributed by atoms with Crippen LogP contribution in [0.2, 0.25) is 10.0 Å². The predicted octanol–water partition coefficient (Wildman–Crippen LogP) is 4.84. The van der Waals surface area contributed by atoms with Crippen molar-refractivity contribution in [3.8, 4) is 0 Å². The van der Waals surface area contributed by atoms with Crippen molar-refractivity contribution < 1.29 is 4.79 Å². The van der Waals surface area contributed by atoms with E-state index in [0.717, 1.165) is 37.2 Å². The van der Waals surface area contributed by atoms with Gasteiger partial charge >= 0.3 is 0 Å². The van der Waals surface area contributed by atoms with Crippen LogP contribution in [0, 0.1) is 5.92 Å². The minimum Gasteiger partial charge on any atom is -0.326 e. The lowest BCUT2D eigenvalue weighted by Gasteiger charge is -2.32. The summed E-state index contributed by atoms with van der Waals surface area (Å²) in [5, 5.41) is 4.36. The minimum absolute atomic E-state index is 0.0137. The van der Waals surface area contributed by atoms with Gasteiger partial charge in [-0.3, -0.25) is 9.69 Å². The highest BCUT2D eigenvalue weighted by molar-refractivity contribution is 6.35. The average molecular weight is 363 g/mol. The number of para-hydroxylation sites is 1. The van der Waals surface area contributed by atoms with Gasteiger partial charge in [0, 0.05) is 34.4 Å². The Bertz CT molecular complexity index is 686. The third-order valence-corrected chi connectivity index (χ3v) is 5.07. The van der Waals surface area contributed by atoms with Crippen molar-refractivity contribution in [3.05, 3.63) is 64.1 Å². The molecule has 0 saturated carbocycles. The number of anilines is 1. The Labute approximate surface area is 152 Å². The number of rotatable bonds is 4. The van der Waals surface area contributed by atoms with Crippen molar-refractivity contribution in [3.63, 3.8) is 0 Å². The second-order valence-electron chi connectivity index (χ2n) is 6.13. The van der Waals surface area contributed by atoms with E-state index >= 15 is 0 Å². The molecule has 3 nitrogen and oxygen atoms in total. The number of benzene rings is 2. The summed E-state index contributed by atoms with van der Waals surface area (Å²) in [6.45, 7) is 2.35. The summed E-state index contributed by atoms with van der Waals surface area (Å²) in [4.78, 5) is 14.8. The fraction of sp³-hybridized carbons (Fsp3) is 0.316. The lowest BCUT2D eigenvalue weighted by atomic mass is 9.96. The summed E-state index contributed by atoms with van der Waals surface area (Å²) in [7, 11) is 0. The van der Waals surface area contributed by atoms with Crippen LogP contribution >= 0.6 is 23.2 Å². The summed E-state index contributed by atoms with van der Waals surface area (Å²) in [6.07, 6.45) is 1.90. The highest BCUT2D eigenvalue weighted by Crippen LogP contribution is 2.28. The zero-order valence-corrected chi connectivity index (χ0v) is 14.9. The van der Waals surface area contributed by atoms with Gasteiger partial charge in [-0.15, -0.1) is 0 Å². The van der Waals surface area contributed by atoms with Crippen LogP contribution in [0.5, 0.6) is 0 Å². The molecule has 1 atom stereocenters. The molecular formula is C19H20Cl2N2O. The molecule has 1 aliphatic rings. The highest BCUT2D eigenvalue weighted by Gasteiger charge is 2.26. The van der Waals surface area contributed by atoms with E-state index in [-0.39, 0.29) is 11.8 Å². The molecule has 0 bridgehead atoms. The predicted molar refractivity (Wildman–Crippen MR) is 99.5 cm³/mol. The second-order valence-corrected chi connectivity index (χ2v) is 6.94. The summed E-state index contributed by atoms with van der Waals surface area (Å²) in [6, 6.07) is 15.1. The van der Waals surface area contributed by atoms with E-state index < -0.39 is 0 Å². The van der Waals surface area contributed by atoms with Crippen molar-refractivity contribution in [2.75, 3.05) is 18.4 Å². The number of nitrogens with zero attached hydrogens (tertiary/aromatic N) is 1. The van der Waals surface area contributed by atoms with Gasteiger partial charge < -0.3 is 5.32 Å². The Kier molecular flexibility index (Phi) is 5.77. The molecule has 1 N–H and O–H groups in total. The molecule has 0 aromatic heterocycles. The maximum atomic E-state index is 12.5. The zero-order chi connectivity index (χ0) is 16.9. The average Bonchev–Trinajstić information content (AvgIpc) is 2.59. The number of halogens is 2. The van der Waals surface area contributed by atoms with Crippen LogP contribution in [-0.4, -0.2) is 23.9 Å². The van der Waals surface area contributed by atoms with Gasteiger partial charge in [-0.2, -0.15) is 0 Å². The minimum atomic E-state index is -0.0137. The van der Waals surface area contributed by atoms with Gasteiger partial charge in [-0.25, -0.2) is 0 Å². The van der Waals surface area contributed by atoms with Gasteiger partial charge in [0.05, 0.1) is 5.92 Å². The van der Waals surface area contributed by atoms with Gasteiger partial charge in [-0.1, -0.05) is 47.5 Å². The van der Waals surface area contributed by atoms with E-state index in [2.05, 4.69) is 10.2 Å². The molecular weight excluding hydrogens is 343 g/mol. The van der Waals surface area contributed by atoms with E-state index in [0.29, 0.717) is 16.6 Å². The smallest absolute Gasteiger partial charge is 0.228 e. The number of hydrogen-bond donors (Lipinski definition) is 1. The first-order chi connectivity index (χ1) is 11.6. The highest BCUT2D eigenvalue weighted by atomic mass is 35.5. The van der Waals surface area contributed by atoms with Crippen molar-refractivity contribution in [2.45, 2.75) is 19.4 Å². The summed E-state index contributed by atoms with van der Waals surface area (Å²) in [5.41, 5.74) is 1.78. The van der Waals surface area contributed by atoms with Gasteiger partial charge in [0.2, 0.25) is 5.91 Å². The van der Waals surface area contributed by atoms with E-state index in [4.69, 9.17) is 23.2 Å². The Hall–Kier alpha value is -1.55. The Balaban J connectivity index is 1.63. The molecule has 126 valence electrons. The summed E-state index contributed by atoms with van der Waals surface area (Å²) >= 11 is 12.5. The SMILES string of the molecule is O=C(Nc1ccccc1)[C@@H]1CCCN(Cc2c(Cl)cccc2Cl)C1. The van der Waals surface area contributed by atoms with E-state index in [9.17, 15) is 4.79 Å². The summed E-state index contributed by atoms with van der Waals surface area (Å²) in [5.74, 6) is 0.0661. The lowest BCUT2D eigenvalue weighted by molar-refractivity contribution is -0.121. The lowest BCUT2D eigenvalue weighted by Crippen LogP contribution is -2.40. The van der Waals surface area contributed by atoms with Crippen LogP contribution in [0.4, 0.5) is 5.69 Å². The van der Waals surface area contributed by atoms with Crippen LogP contribution < -0.4 is 5.32 Å². The molecule has 0 unspecified atom stereocenters. The fourth-order valence-corrected chi connectivity index (χ4v) is 3.60. The van der Waals surface area contributed by atoms with E-state index in [1.807, 2.05) is 48.5 Å². The molecule has 1 heterocycles. The van der Waals surface area contributed by atoms with Gasteiger partial charge in [0.25, 0.3) is 0 Å². The Morgan fingerprint density at radius 3 is 2.50 bits per heavy atom. The number of likely N-dealkylation sites (tertiary alicyclic amines) is 1. The van der Waals surface area contributed by atoms with Crippen molar-refractivity contribution in [1.29, 1.82) is 0 Å². The van der Waals surface area contributed by atoms with Crippen molar-refractivity contribution >= 4 is 34.8 Å². The zero-order valence-electron chi connectivity index (χ0n) is 13.3. The molecule has 1 amide bonds. The Morgan fingerprint density at radius 1 is 1.08 bits per heavy atom. The Morgan fingerprint density at radius 2 is 1.79 bits per heavy atom. The van der Waals surface area contributed by atoms with Gasteiger partial charge in [0.15, 0.2) is 0 Å². The number of piperidine rings is 1. The first-order valence-corrected chi connectivity index (χ1v) is 8.90. The summed E-state index contributed by atoms with van der Waals surface area (Å²) < 4.78 is 0. The molecule has 24 heavy (non-hydrogen) atoms. The monoisotopic (exact) mass is 362 g/mol. The van der Waals surface area contributed by atoms with Crippen LogP contribution in [0.3, 0.4) is 0 Å². The molecule has 0 aliphatic carbocycles. The standard InChI is InChI=1S/C19H20Cl2N2O/c20-17-9-4-10-18(21)16(17)13-23-11-5-6-14(12-23)19(24)22-15-7-2-1-3-8-15/h1-4,7-10,14H,5-6,11-13H2,(H,22,24)/t14-/m1/s1. The number of amides is 1.